The lowest BCUT2D eigenvalue weighted by Gasteiger charge is -2.14. The summed E-state index contributed by atoms with van der Waals surface area (Å²) in [5.74, 6) is 3.10. The zero-order valence-corrected chi connectivity index (χ0v) is 10.0. The minimum absolute atomic E-state index is 0.428. The molecule has 1 aromatic rings. The quantitative estimate of drug-likeness (QED) is 0.590. The topological polar surface area (TPSA) is 44.8 Å². The highest BCUT2D eigenvalue weighted by Gasteiger charge is 2.14. The molecule has 0 aliphatic rings. The van der Waals surface area contributed by atoms with E-state index in [2.05, 4.69) is 5.92 Å². The van der Waals surface area contributed by atoms with Gasteiger partial charge in [0.1, 0.15) is 0 Å². The zero-order chi connectivity index (χ0) is 12.8. The van der Waals surface area contributed by atoms with Gasteiger partial charge in [0.25, 0.3) is 0 Å². The van der Waals surface area contributed by atoms with Gasteiger partial charge in [0.2, 0.25) is 0 Å². The van der Waals surface area contributed by atoms with Gasteiger partial charge in [-0.1, -0.05) is 12.0 Å². The summed E-state index contributed by atoms with van der Waals surface area (Å²) in [6, 6.07) is 5.13. The van der Waals surface area contributed by atoms with Crippen LogP contribution in [0.1, 0.15) is 18.6 Å². The number of benzene rings is 1. The Bertz CT molecular complexity index is 445. The minimum atomic E-state index is -0.715. The van der Waals surface area contributed by atoms with E-state index in [0.29, 0.717) is 17.1 Å². The molecule has 0 N–H and O–H groups in total. The highest BCUT2D eigenvalue weighted by molar-refractivity contribution is 5.66. The molecule has 0 saturated carbocycles. The Labute approximate surface area is 100 Å². The molecule has 0 saturated heterocycles. The van der Waals surface area contributed by atoms with Crippen LogP contribution in [0.5, 0.6) is 11.5 Å². The second kappa shape index (κ2) is 5.80. The van der Waals surface area contributed by atoms with E-state index in [1.54, 1.807) is 25.3 Å². The molecule has 90 valence electrons. The summed E-state index contributed by atoms with van der Waals surface area (Å²) >= 11 is 0. The predicted molar refractivity (Wildman–Crippen MR) is 62.9 cm³/mol. The standard InChI is InChI=1S/C13H14O4/c1-5-11(17-9(2)14)10-6-7-12(15-3)13(8-10)16-4/h1,6-8,11H,2-4H3. The molecule has 4 nitrogen and oxygen atoms in total. The number of esters is 1. The van der Waals surface area contributed by atoms with Gasteiger partial charge in [-0.15, -0.1) is 6.42 Å². The molecule has 17 heavy (non-hydrogen) atoms. The van der Waals surface area contributed by atoms with Crippen LogP contribution >= 0.6 is 0 Å². The number of carbonyl (C=O) groups excluding carboxylic acids is 1. The van der Waals surface area contributed by atoms with Gasteiger partial charge in [-0.05, 0) is 12.1 Å². The van der Waals surface area contributed by atoms with E-state index in [9.17, 15) is 4.79 Å². The number of rotatable bonds is 4. The van der Waals surface area contributed by atoms with Crippen molar-refractivity contribution in [1.29, 1.82) is 0 Å². The van der Waals surface area contributed by atoms with Crippen LogP contribution < -0.4 is 9.47 Å². The normalized spacial score (nSPS) is 11.2. The lowest BCUT2D eigenvalue weighted by Crippen LogP contribution is -2.06. The maximum atomic E-state index is 10.9. The first-order valence-corrected chi connectivity index (χ1v) is 4.97. The molecule has 1 atom stereocenters. The second-order valence-electron chi connectivity index (χ2n) is 3.27. The first kappa shape index (κ1) is 12.9. The molecule has 0 aliphatic carbocycles. The summed E-state index contributed by atoms with van der Waals surface area (Å²) in [5, 5.41) is 0. The van der Waals surface area contributed by atoms with Crippen molar-refractivity contribution in [1.82, 2.24) is 0 Å². The highest BCUT2D eigenvalue weighted by Crippen LogP contribution is 2.30. The largest absolute Gasteiger partial charge is 0.493 e. The van der Waals surface area contributed by atoms with Crippen LogP contribution in [0, 0.1) is 12.3 Å². The number of hydrogen-bond donors (Lipinski definition) is 0. The van der Waals surface area contributed by atoms with E-state index in [1.165, 1.54) is 14.0 Å². The molecule has 0 aliphatic heterocycles. The third-order valence-corrected chi connectivity index (χ3v) is 2.15. The summed E-state index contributed by atoms with van der Waals surface area (Å²) in [7, 11) is 3.07. The Kier molecular flexibility index (Phi) is 4.41. The number of hydrogen-bond acceptors (Lipinski definition) is 4. The van der Waals surface area contributed by atoms with Crippen LogP contribution in [0.25, 0.3) is 0 Å². The lowest BCUT2D eigenvalue weighted by atomic mass is 10.1. The molecule has 0 spiro atoms. The minimum Gasteiger partial charge on any atom is -0.493 e. The van der Waals surface area contributed by atoms with Crippen molar-refractivity contribution in [3.63, 3.8) is 0 Å². The van der Waals surface area contributed by atoms with Gasteiger partial charge in [-0.3, -0.25) is 4.79 Å². The van der Waals surface area contributed by atoms with Gasteiger partial charge < -0.3 is 14.2 Å². The summed E-state index contributed by atoms with van der Waals surface area (Å²) in [5.41, 5.74) is 0.667. The van der Waals surface area contributed by atoms with Crippen LogP contribution in [0.15, 0.2) is 18.2 Å². The summed E-state index contributed by atoms with van der Waals surface area (Å²) in [6.45, 7) is 1.31. The molecular weight excluding hydrogens is 220 g/mol. The molecule has 0 bridgehead atoms. The molecular formula is C13H14O4. The molecule has 0 aromatic heterocycles. The molecule has 1 aromatic carbocycles. The van der Waals surface area contributed by atoms with Crippen LogP contribution in [0.4, 0.5) is 0 Å². The fourth-order valence-electron chi connectivity index (χ4n) is 1.38. The number of carbonyl (C=O) groups is 1. The summed E-state index contributed by atoms with van der Waals surface area (Å²) < 4.78 is 15.2. The van der Waals surface area contributed by atoms with Gasteiger partial charge >= 0.3 is 5.97 Å². The fraction of sp³-hybridized carbons (Fsp3) is 0.308. The van der Waals surface area contributed by atoms with Crippen molar-refractivity contribution in [2.45, 2.75) is 13.0 Å². The Morgan fingerprint density at radius 2 is 1.94 bits per heavy atom. The average molecular weight is 234 g/mol. The lowest BCUT2D eigenvalue weighted by molar-refractivity contribution is -0.144. The summed E-state index contributed by atoms with van der Waals surface area (Å²) in [4.78, 5) is 10.9. The first-order chi connectivity index (χ1) is 8.12. The van der Waals surface area contributed by atoms with Gasteiger partial charge in [-0.25, -0.2) is 0 Å². The third kappa shape index (κ3) is 3.15. The van der Waals surface area contributed by atoms with Gasteiger partial charge in [0, 0.05) is 12.5 Å². The SMILES string of the molecule is C#CC(OC(C)=O)c1ccc(OC)c(OC)c1. The van der Waals surface area contributed by atoms with E-state index < -0.39 is 12.1 Å². The van der Waals surface area contributed by atoms with Crippen molar-refractivity contribution in [3.8, 4) is 23.8 Å². The van der Waals surface area contributed by atoms with Gasteiger partial charge in [-0.2, -0.15) is 0 Å². The van der Waals surface area contributed by atoms with Crippen molar-refractivity contribution >= 4 is 5.97 Å². The van der Waals surface area contributed by atoms with Crippen molar-refractivity contribution in [3.05, 3.63) is 23.8 Å². The predicted octanol–water partition coefficient (Wildman–Crippen LogP) is 1.94. The molecule has 0 fully saturated rings. The Hall–Kier alpha value is -2.15. The molecule has 1 unspecified atom stereocenters. The smallest absolute Gasteiger partial charge is 0.304 e. The van der Waals surface area contributed by atoms with Gasteiger partial charge in [0.05, 0.1) is 14.2 Å². The number of methoxy groups -OCH3 is 2. The second-order valence-corrected chi connectivity index (χ2v) is 3.27. The van der Waals surface area contributed by atoms with Crippen molar-refractivity contribution in [2.24, 2.45) is 0 Å². The maximum Gasteiger partial charge on any atom is 0.304 e. The fourth-order valence-corrected chi connectivity index (χ4v) is 1.38. The van der Waals surface area contributed by atoms with E-state index in [1.807, 2.05) is 0 Å². The highest BCUT2D eigenvalue weighted by atomic mass is 16.5. The summed E-state index contributed by atoms with van der Waals surface area (Å²) in [6.07, 6.45) is 4.60. The number of terminal acetylenes is 1. The molecule has 4 heteroatoms. The Morgan fingerprint density at radius 1 is 1.29 bits per heavy atom. The van der Waals surface area contributed by atoms with Crippen molar-refractivity contribution in [2.75, 3.05) is 14.2 Å². The Morgan fingerprint density at radius 3 is 2.41 bits per heavy atom. The molecule has 1 rings (SSSR count). The molecule has 0 amide bonds. The van der Waals surface area contributed by atoms with Crippen LogP contribution in [-0.2, 0) is 9.53 Å². The van der Waals surface area contributed by atoms with E-state index >= 15 is 0 Å². The Balaban J connectivity index is 3.05. The van der Waals surface area contributed by atoms with Crippen LogP contribution in [0.3, 0.4) is 0 Å². The van der Waals surface area contributed by atoms with E-state index in [4.69, 9.17) is 20.6 Å². The zero-order valence-electron chi connectivity index (χ0n) is 10.0. The monoisotopic (exact) mass is 234 g/mol. The van der Waals surface area contributed by atoms with Crippen LogP contribution in [-0.4, -0.2) is 20.2 Å². The maximum absolute atomic E-state index is 10.9. The van der Waals surface area contributed by atoms with E-state index in [0.717, 1.165) is 0 Å². The third-order valence-electron chi connectivity index (χ3n) is 2.15. The average Bonchev–Trinajstić information content (AvgIpc) is 2.34. The first-order valence-electron chi connectivity index (χ1n) is 4.97. The number of ether oxygens (including phenoxy) is 3. The molecule has 0 radical (unpaired) electrons. The van der Waals surface area contributed by atoms with Crippen molar-refractivity contribution < 1.29 is 19.0 Å². The van der Waals surface area contributed by atoms with Crippen LogP contribution in [0.2, 0.25) is 0 Å². The van der Waals surface area contributed by atoms with E-state index in [-0.39, 0.29) is 0 Å². The van der Waals surface area contributed by atoms with Gasteiger partial charge in [0.15, 0.2) is 17.6 Å². The molecule has 0 heterocycles.